The van der Waals surface area contributed by atoms with Crippen LogP contribution in [0.15, 0.2) is 46.9 Å². The first kappa shape index (κ1) is 10.8. The highest BCUT2D eigenvalue weighted by Gasteiger charge is 2.12. The summed E-state index contributed by atoms with van der Waals surface area (Å²) >= 11 is 0. The number of furan rings is 1. The molecule has 18 heavy (non-hydrogen) atoms. The van der Waals surface area contributed by atoms with Gasteiger partial charge in [0, 0.05) is 5.39 Å². The van der Waals surface area contributed by atoms with Gasteiger partial charge in [-0.2, -0.15) is 0 Å². The van der Waals surface area contributed by atoms with E-state index in [9.17, 15) is 9.50 Å². The van der Waals surface area contributed by atoms with Crippen molar-refractivity contribution < 1.29 is 13.9 Å². The molecule has 90 valence electrons. The van der Waals surface area contributed by atoms with Gasteiger partial charge in [-0.05, 0) is 36.8 Å². The Bertz CT molecular complexity index is 728. The van der Waals surface area contributed by atoms with Gasteiger partial charge in [0.05, 0.1) is 5.56 Å². The van der Waals surface area contributed by atoms with E-state index in [0.717, 1.165) is 16.5 Å². The number of rotatable bonds is 1. The highest BCUT2D eigenvalue weighted by atomic mass is 19.1. The van der Waals surface area contributed by atoms with E-state index < -0.39 is 5.82 Å². The molecule has 1 N–H and O–H groups in total. The molecule has 1 aromatic heterocycles. The zero-order valence-electron chi connectivity index (χ0n) is 9.77. The van der Waals surface area contributed by atoms with Crippen LogP contribution in [0.1, 0.15) is 5.56 Å². The maximum Gasteiger partial charge on any atom is 0.139 e. The quantitative estimate of drug-likeness (QED) is 0.691. The number of hydrogen-bond acceptors (Lipinski definition) is 2. The summed E-state index contributed by atoms with van der Waals surface area (Å²) in [4.78, 5) is 0. The maximum absolute atomic E-state index is 13.2. The van der Waals surface area contributed by atoms with Crippen molar-refractivity contribution in [3.63, 3.8) is 0 Å². The lowest BCUT2D eigenvalue weighted by Crippen LogP contribution is -1.78. The smallest absolute Gasteiger partial charge is 0.139 e. The third kappa shape index (κ3) is 1.64. The van der Waals surface area contributed by atoms with Crippen LogP contribution in [0.3, 0.4) is 0 Å². The number of halogens is 1. The summed E-state index contributed by atoms with van der Waals surface area (Å²) in [5.41, 5.74) is 2.14. The molecule has 2 nitrogen and oxygen atoms in total. The molecule has 3 heteroatoms. The average molecular weight is 242 g/mol. The van der Waals surface area contributed by atoms with Gasteiger partial charge in [-0.1, -0.05) is 18.2 Å². The summed E-state index contributed by atoms with van der Waals surface area (Å²) in [5, 5.41) is 10.7. The highest BCUT2D eigenvalue weighted by Crippen LogP contribution is 2.34. The van der Waals surface area contributed by atoms with Gasteiger partial charge in [0.1, 0.15) is 22.9 Å². The van der Waals surface area contributed by atoms with E-state index in [4.69, 9.17) is 4.42 Å². The van der Waals surface area contributed by atoms with Crippen molar-refractivity contribution in [3.05, 3.63) is 53.8 Å². The number of phenolic OH excluding ortho intramolecular Hbond substituents is 1. The van der Waals surface area contributed by atoms with Crippen molar-refractivity contribution in [2.75, 3.05) is 0 Å². The summed E-state index contributed by atoms with van der Waals surface area (Å²) in [6.07, 6.45) is 0. The average Bonchev–Trinajstić information content (AvgIpc) is 2.77. The fourth-order valence-corrected chi connectivity index (χ4v) is 2.05. The largest absolute Gasteiger partial charge is 0.507 e. The predicted molar refractivity (Wildman–Crippen MR) is 68.0 cm³/mol. The number of hydrogen-bond donors (Lipinski definition) is 1. The second kappa shape index (κ2) is 3.88. The fraction of sp³-hybridized carbons (Fsp3) is 0.0667. The van der Waals surface area contributed by atoms with Crippen LogP contribution in [-0.4, -0.2) is 5.11 Å². The van der Waals surface area contributed by atoms with E-state index in [0.29, 0.717) is 11.3 Å². The third-order valence-electron chi connectivity index (χ3n) is 2.97. The Labute approximate surface area is 103 Å². The molecule has 0 aliphatic heterocycles. The first-order valence-corrected chi connectivity index (χ1v) is 5.63. The van der Waals surface area contributed by atoms with Crippen LogP contribution < -0.4 is 0 Å². The van der Waals surface area contributed by atoms with Gasteiger partial charge in [0.15, 0.2) is 0 Å². The van der Waals surface area contributed by atoms with Crippen molar-refractivity contribution in [1.29, 1.82) is 0 Å². The minimum atomic E-state index is -0.403. The predicted octanol–water partition coefficient (Wildman–Crippen LogP) is 4.25. The van der Waals surface area contributed by atoms with Gasteiger partial charge >= 0.3 is 0 Å². The van der Waals surface area contributed by atoms with Gasteiger partial charge in [0.25, 0.3) is 0 Å². The van der Waals surface area contributed by atoms with Crippen LogP contribution in [0.5, 0.6) is 5.75 Å². The summed E-state index contributed by atoms with van der Waals surface area (Å²) in [6.45, 7) is 1.95. The third-order valence-corrected chi connectivity index (χ3v) is 2.97. The van der Waals surface area contributed by atoms with Crippen LogP contribution in [0.4, 0.5) is 4.39 Å². The Morgan fingerprint density at radius 3 is 2.72 bits per heavy atom. The monoisotopic (exact) mass is 242 g/mol. The first-order valence-electron chi connectivity index (χ1n) is 5.63. The van der Waals surface area contributed by atoms with Gasteiger partial charge < -0.3 is 9.52 Å². The van der Waals surface area contributed by atoms with Crippen LogP contribution >= 0.6 is 0 Å². The zero-order valence-corrected chi connectivity index (χ0v) is 9.77. The molecule has 2 aromatic carbocycles. The molecular weight excluding hydrogens is 231 g/mol. The van der Waals surface area contributed by atoms with Crippen LogP contribution in [0.2, 0.25) is 0 Å². The zero-order chi connectivity index (χ0) is 12.7. The number of phenols is 1. The van der Waals surface area contributed by atoms with E-state index in [1.54, 1.807) is 6.07 Å². The van der Waals surface area contributed by atoms with E-state index in [1.165, 1.54) is 18.2 Å². The van der Waals surface area contributed by atoms with Crippen molar-refractivity contribution in [1.82, 2.24) is 0 Å². The molecule has 0 unspecified atom stereocenters. The van der Waals surface area contributed by atoms with Crippen molar-refractivity contribution in [2.24, 2.45) is 0 Å². The Morgan fingerprint density at radius 2 is 1.94 bits per heavy atom. The van der Waals surface area contributed by atoms with E-state index >= 15 is 0 Å². The second-order valence-corrected chi connectivity index (χ2v) is 4.27. The SMILES string of the molecule is Cc1cccc2cc(-c3cc(F)ccc3O)oc12. The van der Waals surface area contributed by atoms with E-state index in [2.05, 4.69) is 0 Å². The van der Waals surface area contributed by atoms with Crippen molar-refractivity contribution >= 4 is 11.0 Å². The lowest BCUT2D eigenvalue weighted by atomic mass is 10.1. The summed E-state index contributed by atoms with van der Waals surface area (Å²) in [5.74, 6) is 0.0735. The molecule has 3 rings (SSSR count). The molecule has 0 amide bonds. The summed E-state index contributed by atoms with van der Waals surface area (Å²) < 4.78 is 18.9. The Kier molecular flexibility index (Phi) is 2.33. The Morgan fingerprint density at radius 1 is 1.11 bits per heavy atom. The van der Waals surface area contributed by atoms with Crippen LogP contribution in [-0.2, 0) is 0 Å². The molecule has 0 atom stereocenters. The van der Waals surface area contributed by atoms with E-state index in [-0.39, 0.29) is 5.75 Å². The van der Waals surface area contributed by atoms with Crippen molar-refractivity contribution in [2.45, 2.75) is 6.92 Å². The molecule has 0 saturated carbocycles. The lowest BCUT2D eigenvalue weighted by Gasteiger charge is -2.00. The summed E-state index contributed by atoms with van der Waals surface area (Å²) in [6, 6.07) is 11.4. The molecule has 0 aliphatic rings. The minimum absolute atomic E-state index is 0.00751. The Balaban J connectivity index is 2.26. The number of benzene rings is 2. The maximum atomic E-state index is 13.2. The molecule has 0 fully saturated rings. The molecular formula is C15H11FO2. The van der Waals surface area contributed by atoms with Crippen LogP contribution in [0.25, 0.3) is 22.3 Å². The topological polar surface area (TPSA) is 33.4 Å². The normalized spacial score (nSPS) is 11.0. The minimum Gasteiger partial charge on any atom is -0.507 e. The molecule has 0 aliphatic carbocycles. The van der Waals surface area contributed by atoms with Crippen LogP contribution in [0, 0.1) is 12.7 Å². The lowest BCUT2D eigenvalue weighted by molar-refractivity contribution is 0.472. The van der Waals surface area contributed by atoms with Gasteiger partial charge in [-0.25, -0.2) is 4.39 Å². The summed E-state index contributed by atoms with van der Waals surface area (Å²) in [7, 11) is 0. The van der Waals surface area contributed by atoms with Gasteiger partial charge in [-0.3, -0.25) is 0 Å². The molecule has 1 heterocycles. The van der Waals surface area contributed by atoms with Gasteiger partial charge in [-0.15, -0.1) is 0 Å². The second-order valence-electron chi connectivity index (χ2n) is 4.27. The number of aromatic hydroxyl groups is 1. The molecule has 0 spiro atoms. The Hall–Kier alpha value is -2.29. The molecule has 0 saturated heterocycles. The first-order chi connectivity index (χ1) is 8.65. The van der Waals surface area contributed by atoms with Gasteiger partial charge in [0.2, 0.25) is 0 Å². The number of para-hydroxylation sites is 1. The number of fused-ring (bicyclic) bond motifs is 1. The molecule has 0 radical (unpaired) electrons. The molecule has 3 aromatic rings. The highest BCUT2D eigenvalue weighted by molar-refractivity contribution is 5.86. The fourth-order valence-electron chi connectivity index (χ4n) is 2.05. The number of aryl methyl sites for hydroxylation is 1. The standard InChI is InChI=1S/C15H11FO2/c1-9-3-2-4-10-7-14(18-15(9)10)12-8-11(16)5-6-13(12)17/h2-8,17H,1H3. The van der Waals surface area contributed by atoms with Crippen molar-refractivity contribution in [3.8, 4) is 17.1 Å². The van der Waals surface area contributed by atoms with E-state index in [1.807, 2.05) is 25.1 Å². The molecule has 0 bridgehead atoms.